The molecular formula is C21H28N2O2. The highest BCUT2D eigenvalue weighted by Crippen LogP contribution is 2.27. The van der Waals surface area contributed by atoms with Gasteiger partial charge in [0.1, 0.15) is 11.5 Å². The number of nitrogens with one attached hydrogen (secondary N) is 1. The first-order valence-electron chi connectivity index (χ1n) is 9.33. The van der Waals surface area contributed by atoms with E-state index in [1.165, 1.54) is 18.4 Å². The Morgan fingerprint density at radius 2 is 1.88 bits per heavy atom. The maximum absolute atomic E-state index is 12.4. The molecule has 1 aromatic heterocycles. The molecule has 2 aromatic rings. The second kappa shape index (κ2) is 8.86. The van der Waals surface area contributed by atoms with E-state index in [1.54, 1.807) is 0 Å². The van der Waals surface area contributed by atoms with Gasteiger partial charge in [0.05, 0.1) is 6.54 Å². The lowest BCUT2D eigenvalue weighted by Crippen LogP contribution is -2.34. The molecule has 1 N–H and O–H groups in total. The lowest BCUT2D eigenvalue weighted by Gasteiger charge is -2.31. The molecule has 4 nitrogen and oxygen atoms in total. The summed E-state index contributed by atoms with van der Waals surface area (Å²) in [6, 6.07) is 14.5. The van der Waals surface area contributed by atoms with Gasteiger partial charge in [0, 0.05) is 19.0 Å². The van der Waals surface area contributed by atoms with E-state index >= 15 is 0 Å². The largest absolute Gasteiger partial charge is 0.465 e. The Morgan fingerprint density at radius 1 is 1.08 bits per heavy atom. The summed E-state index contributed by atoms with van der Waals surface area (Å²) in [7, 11) is 0. The molecular weight excluding hydrogens is 312 g/mol. The number of aryl methyl sites for hydroxylation is 1. The molecule has 1 aliphatic rings. The number of amides is 1. The first-order chi connectivity index (χ1) is 12.2. The summed E-state index contributed by atoms with van der Waals surface area (Å²) < 4.78 is 5.81. The van der Waals surface area contributed by atoms with Crippen molar-refractivity contribution in [2.75, 3.05) is 13.1 Å². The zero-order valence-corrected chi connectivity index (χ0v) is 15.0. The van der Waals surface area contributed by atoms with Gasteiger partial charge in [-0.3, -0.25) is 9.69 Å². The van der Waals surface area contributed by atoms with Crippen molar-refractivity contribution in [1.29, 1.82) is 0 Å². The Kier molecular flexibility index (Phi) is 6.29. The van der Waals surface area contributed by atoms with E-state index in [-0.39, 0.29) is 11.9 Å². The molecule has 3 rings (SSSR count). The lowest BCUT2D eigenvalue weighted by atomic mass is 10.0. The maximum Gasteiger partial charge on any atom is 0.221 e. The first kappa shape index (κ1) is 17.7. The van der Waals surface area contributed by atoms with Crippen LogP contribution in [0.1, 0.15) is 55.2 Å². The number of nitrogens with zero attached hydrogens (tertiary/aromatic N) is 1. The molecule has 0 saturated carbocycles. The van der Waals surface area contributed by atoms with Gasteiger partial charge in [-0.25, -0.2) is 0 Å². The molecule has 25 heavy (non-hydrogen) atoms. The van der Waals surface area contributed by atoms with Crippen molar-refractivity contribution < 1.29 is 9.21 Å². The third kappa shape index (κ3) is 5.20. The van der Waals surface area contributed by atoms with E-state index in [2.05, 4.69) is 22.3 Å². The average molecular weight is 340 g/mol. The summed E-state index contributed by atoms with van der Waals surface area (Å²) in [5, 5.41) is 3.08. The highest BCUT2D eigenvalue weighted by molar-refractivity contribution is 5.76. The molecule has 134 valence electrons. The van der Waals surface area contributed by atoms with Gasteiger partial charge >= 0.3 is 0 Å². The summed E-state index contributed by atoms with van der Waals surface area (Å²) in [5.74, 6) is 2.03. The predicted molar refractivity (Wildman–Crippen MR) is 99.1 cm³/mol. The van der Waals surface area contributed by atoms with E-state index in [4.69, 9.17) is 4.42 Å². The Balaban J connectivity index is 1.85. The number of furan rings is 1. The monoisotopic (exact) mass is 340 g/mol. The molecule has 0 spiro atoms. The van der Waals surface area contributed by atoms with Crippen molar-refractivity contribution in [3.63, 3.8) is 0 Å². The molecule has 1 aromatic carbocycles. The SMILES string of the molecule is Cc1ccc(CN2CCCCCCNC(=O)CC2c2ccccc2)o1. The van der Waals surface area contributed by atoms with Crippen molar-refractivity contribution in [1.82, 2.24) is 10.2 Å². The number of hydrogen-bond acceptors (Lipinski definition) is 3. The lowest BCUT2D eigenvalue weighted by molar-refractivity contribution is -0.122. The molecule has 0 aliphatic carbocycles. The molecule has 4 heteroatoms. The number of carbonyl (C=O) groups excluding carboxylic acids is 1. The van der Waals surface area contributed by atoms with Gasteiger partial charge in [-0.1, -0.05) is 43.2 Å². The van der Waals surface area contributed by atoms with Crippen LogP contribution in [-0.2, 0) is 11.3 Å². The van der Waals surface area contributed by atoms with Gasteiger partial charge in [0.2, 0.25) is 5.91 Å². The molecule has 0 bridgehead atoms. The van der Waals surface area contributed by atoms with Crippen LogP contribution in [0.3, 0.4) is 0 Å². The van der Waals surface area contributed by atoms with Crippen molar-refractivity contribution >= 4 is 5.91 Å². The smallest absolute Gasteiger partial charge is 0.221 e. The number of benzene rings is 1. The average Bonchev–Trinajstić information content (AvgIpc) is 3.01. The Hall–Kier alpha value is -2.07. The standard InChI is InChI=1S/C21H28N2O2/c1-17-11-12-19(25-17)16-23-14-8-3-2-7-13-22-21(24)15-20(23)18-9-5-4-6-10-18/h4-6,9-12,20H,2-3,7-8,13-16H2,1H3,(H,22,24). The summed E-state index contributed by atoms with van der Waals surface area (Å²) >= 11 is 0. The van der Waals surface area contributed by atoms with Crippen LogP contribution >= 0.6 is 0 Å². The quantitative estimate of drug-likeness (QED) is 0.910. The normalized spacial score (nSPS) is 20.7. The highest BCUT2D eigenvalue weighted by atomic mass is 16.3. The molecule has 1 unspecified atom stereocenters. The Labute approximate surface area is 150 Å². The predicted octanol–water partition coefficient (Wildman–Crippen LogP) is 4.21. The minimum atomic E-state index is 0.0738. The zero-order valence-electron chi connectivity index (χ0n) is 15.0. The van der Waals surface area contributed by atoms with Gasteiger partial charge in [-0.2, -0.15) is 0 Å². The van der Waals surface area contributed by atoms with Crippen LogP contribution in [0.2, 0.25) is 0 Å². The highest BCUT2D eigenvalue weighted by Gasteiger charge is 2.24. The fraction of sp³-hybridized carbons (Fsp3) is 0.476. The molecule has 1 atom stereocenters. The summed E-state index contributed by atoms with van der Waals surface area (Å²) in [6.07, 6.45) is 5.08. The third-order valence-electron chi connectivity index (χ3n) is 4.85. The van der Waals surface area contributed by atoms with Gasteiger partial charge < -0.3 is 9.73 Å². The van der Waals surface area contributed by atoms with E-state index in [9.17, 15) is 4.79 Å². The van der Waals surface area contributed by atoms with E-state index in [0.717, 1.165) is 44.0 Å². The molecule has 0 radical (unpaired) electrons. The van der Waals surface area contributed by atoms with Crippen LogP contribution in [0, 0.1) is 6.92 Å². The van der Waals surface area contributed by atoms with Crippen LogP contribution in [0.25, 0.3) is 0 Å². The minimum Gasteiger partial charge on any atom is -0.465 e. The van der Waals surface area contributed by atoms with Crippen LogP contribution < -0.4 is 5.32 Å². The topological polar surface area (TPSA) is 45.5 Å². The van der Waals surface area contributed by atoms with Gasteiger partial charge in [0.15, 0.2) is 0 Å². The number of rotatable bonds is 3. The second-order valence-electron chi connectivity index (χ2n) is 6.88. The van der Waals surface area contributed by atoms with Gasteiger partial charge in [-0.15, -0.1) is 0 Å². The molecule has 1 aliphatic heterocycles. The van der Waals surface area contributed by atoms with Crippen molar-refractivity contribution in [2.45, 2.75) is 51.6 Å². The Bertz CT molecular complexity index is 666. The van der Waals surface area contributed by atoms with Gasteiger partial charge in [0.25, 0.3) is 0 Å². The summed E-state index contributed by atoms with van der Waals surface area (Å²) in [4.78, 5) is 14.8. The molecule has 2 heterocycles. The molecule has 1 amide bonds. The first-order valence-corrected chi connectivity index (χ1v) is 9.33. The number of carbonyl (C=O) groups is 1. The van der Waals surface area contributed by atoms with E-state index in [1.807, 2.05) is 37.3 Å². The van der Waals surface area contributed by atoms with E-state index in [0.29, 0.717) is 6.42 Å². The van der Waals surface area contributed by atoms with Crippen molar-refractivity contribution in [3.05, 3.63) is 59.5 Å². The fourth-order valence-corrected chi connectivity index (χ4v) is 3.52. The Morgan fingerprint density at radius 3 is 2.64 bits per heavy atom. The minimum absolute atomic E-state index is 0.0738. The van der Waals surface area contributed by atoms with Crippen LogP contribution in [0.15, 0.2) is 46.9 Å². The molecule has 1 fully saturated rings. The van der Waals surface area contributed by atoms with Crippen LogP contribution in [0.4, 0.5) is 0 Å². The second-order valence-corrected chi connectivity index (χ2v) is 6.88. The van der Waals surface area contributed by atoms with Crippen LogP contribution in [0.5, 0.6) is 0 Å². The van der Waals surface area contributed by atoms with E-state index < -0.39 is 0 Å². The number of hydrogen-bond donors (Lipinski definition) is 1. The molecule has 1 saturated heterocycles. The third-order valence-corrected chi connectivity index (χ3v) is 4.85. The zero-order chi connectivity index (χ0) is 17.5. The van der Waals surface area contributed by atoms with Crippen LogP contribution in [-0.4, -0.2) is 23.9 Å². The van der Waals surface area contributed by atoms with Crippen molar-refractivity contribution in [3.8, 4) is 0 Å². The van der Waals surface area contributed by atoms with Crippen molar-refractivity contribution in [2.24, 2.45) is 0 Å². The summed E-state index contributed by atoms with van der Waals surface area (Å²) in [5.41, 5.74) is 1.19. The fourth-order valence-electron chi connectivity index (χ4n) is 3.52. The van der Waals surface area contributed by atoms with Gasteiger partial charge in [-0.05, 0) is 44.0 Å². The maximum atomic E-state index is 12.4. The summed E-state index contributed by atoms with van der Waals surface area (Å²) in [6.45, 7) is 4.48.